The number of amides is 2. The third-order valence-corrected chi connectivity index (χ3v) is 5.07. The number of rotatable bonds is 6. The molecule has 2 N–H and O–H groups in total. The van der Waals surface area contributed by atoms with Crippen molar-refractivity contribution in [1.82, 2.24) is 10.6 Å². The maximum absolute atomic E-state index is 11.7. The van der Waals surface area contributed by atoms with E-state index in [0.717, 1.165) is 6.42 Å². The summed E-state index contributed by atoms with van der Waals surface area (Å²) in [5, 5.41) is 5.56. The lowest BCUT2D eigenvalue weighted by molar-refractivity contribution is 0.223. The van der Waals surface area contributed by atoms with E-state index in [1.54, 1.807) is 6.92 Å². The van der Waals surface area contributed by atoms with E-state index in [9.17, 15) is 13.2 Å². The van der Waals surface area contributed by atoms with Crippen molar-refractivity contribution in [2.75, 3.05) is 18.6 Å². The van der Waals surface area contributed by atoms with E-state index >= 15 is 0 Å². The SMILES string of the molecule is CCC1(CNC(=O)N[C@@H](C)CS(C)(=O)=O)CCCC1. The van der Waals surface area contributed by atoms with Gasteiger partial charge in [-0.15, -0.1) is 0 Å². The summed E-state index contributed by atoms with van der Waals surface area (Å²) in [5.41, 5.74) is 0.247. The van der Waals surface area contributed by atoms with Crippen molar-refractivity contribution in [1.29, 1.82) is 0 Å². The van der Waals surface area contributed by atoms with Crippen LogP contribution in [0, 0.1) is 5.41 Å². The van der Waals surface area contributed by atoms with Crippen LogP contribution in [0.25, 0.3) is 0 Å². The van der Waals surface area contributed by atoms with Crippen molar-refractivity contribution >= 4 is 15.9 Å². The fraction of sp³-hybridized carbons (Fsp3) is 0.923. The van der Waals surface area contributed by atoms with Crippen LogP contribution in [-0.4, -0.2) is 39.0 Å². The summed E-state index contributed by atoms with van der Waals surface area (Å²) < 4.78 is 22.2. The molecule has 19 heavy (non-hydrogen) atoms. The van der Waals surface area contributed by atoms with Crippen LogP contribution in [0.4, 0.5) is 4.79 Å². The van der Waals surface area contributed by atoms with Gasteiger partial charge in [0.25, 0.3) is 0 Å². The fourth-order valence-corrected chi connectivity index (χ4v) is 3.81. The second-order valence-electron chi connectivity index (χ2n) is 5.88. The minimum absolute atomic E-state index is 0.0284. The number of carbonyl (C=O) groups is 1. The highest BCUT2D eigenvalue weighted by atomic mass is 32.2. The number of hydrogen-bond donors (Lipinski definition) is 2. The predicted molar refractivity (Wildman–Crippen MR) is 76.9 cm³/mol. The largest absolute Gasteiger partial charge is 0.338 e. The Balaban J connectivity index is 2.35. The molecule has 0 saturated heterocycles. The van der Waals surface area contributed by atoms with Crippen LogP contribution in [0.3, 0.4) is 0 Å². The number of nitrogens with one attached hydrogen (secondary N) is 2. The second-order valence-corrected chi connectivity index (χ2v) is 8.07. The average molecular weight is 290 g/mol. The molecule has 0 aromatic rings. The van der Waals surface area contributed by atoms with Gasteiger partial charge in [0.2, 0.25) is 0 Å². The van der Waals surface area contributed by atoms with Gasteiger partial charge in [-0.05, 0) is 31.6 Å². The van der Waals surface area contributed by atoms with Crippen molar-refractivity contribution < 1.29 is 13.2 Å². The Morgan fingerprint density at radius 3 is 2.37 bits per heavy atom. The Labute approximate surface area is 116 Å². The Morgan fingerprint density at radius 1 is 1.32 bits per heavy atom. The van der Waals surface area contributed by atoms with E-state index in [1.165, 1.54) is 31.9 Å². The zero-order valence-electron chi connectivity index (χ0n) is 12.2. The zero-order valence-corrected chi connectivity index (χ0v) is 13.0. The summed E-state index contributed by atoms with van der Waals surface area (Å²) in [4.78, 5) is 11.7. The minimum atomic E-state index is -3.06. The lowest BCUT2D eigenvalue weighted by Crippen LogP contribution is -2.46. The summed E-state index contributed by atoms with van der Waals surface area (Å²) in [6.45, 7) is 4.55. The summed E-state index contributed by atoms with van der Waals surface area (Å²) in [7, 11) is -3.06. The van der Waals surface area contributed by atoms with Gasteiger partial charge in [0, 0.05) is 18.8 Å². The van der Waals surface area contributed by atoms with Gasteiger partial charge in [-0.2, -0.15) is 0 Å². The molecule has 6 heteroatoms. The van der Waals surface area contributed by atoms with Crippen molar-refractivity contribution in [3.8, 4) is 0 Å². The highest BCUT2D eigenvalue weighted by Crippen LogP contribution is 2.40. The lowest BCUT2D eigenvalue weighted by atomic mass is 9.83. The number of hydrogen-bond acceptors (Lipinski definition) is 3. The molecule has 2 amide bonds. The highest BCUT2D eigenvalue weighted by molar-refractivity contribution is 7.90. The van der Waals surface area contributed by atoms with Crippen LogP contribution in [0.5, 0.6) is 0 Å². The quantitative estimate of drug-likeness (QED) is 0.781. The van der Waals surface area contributed by atoms with Crippen molar-refractivity contribution in [2.24, 2.45) is 5.41 Å². The molecule has 1 fully saturated rings. The molecule has 0 unspecified atom stereocenters. The third kappa shape index (κ3) is 5.80. The van der Waals surface area contributed by atoms with E-state index in [-0.39, 0.29) is 23.2 Å². The number of carbonyl (C=O) groups excluding carboxylic acids is 1. The van der Waals surface area contributed by atoms with Gasteiger partial charge in [0.1, 0.15) is 9.84 Å². The normalized spacial score (nSPS) is 19.9. The van der Waals surface area contributed by atoms with Gasteiger partial charge in [-0.1, -0.05) is 19.8 Å². The summed E-state index contributed by atoms with van der Waals surface area (Å²) in [6, 6.07) is -0.632. The van der Waals surface area contributed by atoms with Gasteiger partial charge in [-0.3, -0.25) is 0 Å². The molecule has 1 aliphatic rings. The molecule has 1 atom stereocenters. The Bertz CT molecular complexity index is 400. The fourth-order valence-electron chi connectivity index (χ4n) is 2.82. The van der Waals surface area contributed by atoms with Crippen LogP contribution in [-0.2, 0) is 9.84 Å². The molecule has 1 aliphatic carbocycles. The first-order valence-corrected chi connectivity index (χ1v) is 9.04. The monoisotopic (exact) mass is 290 g/mol. The second kappa shape index (κ2) is 6.59. The van der Waals surface area contributed by atoms with E-state index in [2.05, 4.69) is 17.6 Å². The van der Waals surface area contributed by atoms with Crippen LogP contribution in [0.2, 0.25) is 0 Å². The molecule has 112 valence electrons. The van der Waals surface area contributed by atoms with Gasteiger partial charge in [0.05, 0.1) is 5.75 Å². The lowest BCUT2D eigenvalue weighted by Gasteiger charge is -2.28. The molecule has 0 aromatic heterocycles. The molecule has 5 nitrogen and oxygen atoms in total. The average Bonchev–Trinajstić information content (AvgIpc) is 2.73. The molecule has 0 spiro atoms. The van der Waals surface area contributed by atoms with Gasteiger partial charge in [-0.25, -0.2) is 13.2 Å². The van der Waals surface area contributed by atoms with Crippen LogP contribution in [0.1, 0.15) is 46.0 Å². The molecule has 0 aromatic carbocycles. The topological polar surface area (TPSA) is 75.3 Å². The maximum Gasteiger partial charge on any atom is 0.315 e. The molecular weight excluding hydrogens is 264 g/mol. The Morgan fingerprint density at radius 2 is 1.89 bits per heavy atom. The van der Waals surface area contributed by atoms with Gasteiger partial charge in [0.15, 0.2) is 0 Å². The molecule has 0 radical (unpaired) electrons. The maximum atomic E-state index is 11.7. The summed E-state index contributed by atoms with van der Waals surface area (Å²) in [5.74, 6) is -0.0284. The third-order valence-electron chi connectivity index (χ3n) is 3.97. The zero-order chi connectivity index (χ0) is 14.5. The number of urea groups is 1. The first-order valence-electron chi connectivity index (χ1n) is 6.98. The van der Waals surface area contributed by atoms with Crippen molar-refractivity contribution in [3.63, 3.8) is 0 Å². The predicted octanol–water partition coefficient (Wildman–Crippen LogP) is 1.69. The molecule has 0 bridgehead atoms. The van der Waals surface area contributed by atoms with Crippen molar-refractivity contribution in [3.05, 3.63) is 0 Å². The van der Waals surface area contributed by atoms with E-state index in [1.807, 2.05) is 0 Å². The molecule has 0 heterocycles. The first-order chi connectivity index (χ1) is 8.76. The molecular formula is C13H26N2O3S. The summed E-state index contributed by atoms with van der Waals surface area (Å²) in [6.07, 6.45) is 7.06. The smallest absolute Gasteiger partial charge is 0.315 e. The van der Waals surface area contributed by atoms with E-state index in [0.29, 0.717) is 6.54 Å². The van der Waals surface area contributed by atoms with Crippen LogP contribution < -0.4 is 10.6 Å². The molecule has 0 aliphatic heterocycles. The van der Waals surface area contributed by atoms with Crippen molar-refractivity contribution in [2.45, 2.75) is 52.0 Å². The standard InChI is InChI=1S/C13H26N2O3S/c1-4-13(7-5-6-8-13)10-14-12(16)15-11(2)9-19(3,17)18/h11H,4-10H2,1-3H3,(H2,14,15,16)/t11-/m0/s1. The molecule has 1 rings (SSSR count). The molecule has 1 saturated carbocycles. The van der Waals surface area contributed by atoms with Crippen LogP contribution in [0.15, 0.2) is 0 Å². The Kier molecular flexibility index (Phi) is 5.64. The van der Waals surface area contributed by atoms with Crippen LogP contribution >= 0.6 is 0 Å². The van der Waals surface area contributed by atoms with Gasteiger partial charge >= 0.3 is 6.03 Å². The minimum Gasteiger partial charge on any atom is -0.338 e. The van der Waals surface area contributed by atoms with E-state index in [4.69, 9.17) is 0 Å². The Hall–Kier alpha value is -0.780. The summed E-state index contributed by atoms with van der Waals surface area (Å²) >= 11 is 0. The highest BCUT2D eigenvalue weighted by Gasteiger charge is 2.32. The number of sulfone groups is 1. The first kappa shape index (κ1) is 16.3. The van der Waals surface area contributed by atoms with Gasteiger partial charge < -0.3 is 10.6 Å². The van der Waals surface area contributed by atoms with E-state index < -0.39 is 9.84 Å².